The fourth-order valence-corrected chi connectivity index (χ4v) is 8.89. The summed E-state index contributed by atoms with van der Waals surface area (Å²) in [5, 5.41) is 25.1. The number of para-hydroxylation sites is 1. The van der Waals surface area contributed by atoms with E-state index in [1.54, 1.807) is 58.0 Å². The Bertz CT molecular complexity index is 1960. The summed E-state index contributed by atoms with van der Waals surface area (Å²) >= 11 is 22.9. The zero-order valence-electron chi connectivity index (χ0n) is 33.0. The van der Waals surface area contributed by atoms with E-state index in [-0.39, 0.29) is 18.2 Å². The molecule has 0 aliphatic heterocycles. The fourth-order valence-electron chi connectivity index (χ4n) is 4.26. The van der Waals surface area contributed by atoms with E-state index in [1.807, 2.05) is 19.9 Å². The van der Waals surface area contributed by atoms with Crippen molar-refractivity contribution >= 4 is 89.0 Å². The third kappa shape index (κ3) is 17.8. The van der Waals surface area contributed by atoms with Gasteiger partial charge in [0, 0.05) is 54.5 Å². The predicted octanol–water partition coefficient (Wildman–Crippen LogP) is 11.7. The Kier molecular flexibility index (Phi) is 23.0. The van der Waals surface area contributed by atoms with Crippen molar-refractivity contribution in [3.05, 3.63) is 126 Å². The molecule has 0 saturated carbocycles. The maximum absolute atomic E-state index is 12.2. The molecule has 22 heteroatoms. The van der Waals surface area contributed by atoms with Gasteiger partial charge >= 0.3 is 19.4 Å². The van der Waals surface area contributed by atoms with Gasteiger partial charge in [0.05, 0.1) is 63.3 Å². The first-order valence-electron chi connectivity index (χ1n) is 17.8. The number of anilines is 2. The molecule has 0 aliphatic carbocycles. The number of halogens is 2. The first kappa shape index (κ1) is 51.4. The average Bonchev–Trinajstić information content (AvgIpc) is 3.19. The lowest BCUT2D eigenvalue weighted by molar-refractivity contribution is -0.385. The molecule has 0 aliphatic rings. The van der Waals surface area contributed by atoms with Crippen LogP contribution >= 0.6 is 36.6 Å². The molecule has 59 heavy (non-hydrogen) atoms. The Morgan fingerprint density at radius 2 is 1.12 bits per heavy atom. The Morgan fingerprint density at radius 1 is 0.678 bits per heavy atom. The maximum atomic E-state index is 12.2. The van der Waals surface area contributed by atoms with Crippen LogP contribution in [0.4, 0.5) is 22.7 Å². The van der Waals surface area contributed by atoms with Gasteiger partial charge in [-0.25, -0.2) is 4.79 Å². The number of hydrogen-bond acceptors (Lipinski definition) is 16. The van der Waals surface area contributed by atoms with E-state index in [0.717, 1.165) is 5.56 Å². The van der Waals surface area contributed by atoms with E-state index in [0.29, 0.717) is 71.5 Å². The molecule has 4 aromatic rings. The van der Waals surface area contributed by atoms with Crippen LogP contribution in [0.25, 0.3) is 0 Å². The zero-order chi connectivity index (χ0) is 44.0. The van der Waals surface area contributed by atoms with Gasteiger partial charge in [0.25, 0.3) is 11.4 Å². The predicted molar refractivity (Wildman–Crippen MR) is 235 cm³/mol. The molecule has 1 N–H and O–H groups in total. The minimum Gasteiger partial charge on any atom is -0.435 e. The van der Waals surface area contributed by atoms with Crippen LogP contribution in [0.15, 0.2) is 84.9 Å². The van der Waals surface area contributed by atoms with Crippen molar-refractivity contribution in [1.29, 1.82) is 0 Å². The standard InChI is InChI=1S/C17H17Cl2NO3.2C10H14NO5PS/c1-3-22-10-23-17(21)12-6-4-5-7-14(12)20-16-13(18)9-8-11(2)15(16)19;2*1-3-14-17(18,15-4-2)16-10-7-5-9(6-8-10)11(12)13/h4-9,20H,3,10H2,1-2H3;2*5-8H,3-4H2,1-2H3. The number of nitrogens with one attached hydrogen (secondary N) is 1. The molecule has 16 nitrogen and oxygen atoms in total. The molecule has 0 fully saturated rings. The Hall–Kier alpha value is -3.77. The van der Waals surface area contributed by atoms with E-state index < -0.39 is 29.3 Å². The SMILES string of the molecule is CCOCOC(=O)c1ccccc1Nc1c(Cl)ccc(C)c1Cl.CCOP(=S)(OCC)Oc1ccc([N+](=O)[O-])cc1.CCOP(=S)(OCC)Oc1ccc([N+](=O)[O-])cc1. The summed E-state index contributed by atoms with van der Waals surface area (Å²) in [6.45, 7) is 7.14. The molecule has 4 rings (SSSR count). The molecule has 0 amide bonds. The largest absolute Gasteiger partial charge is 0.435 e. The number of nitro benzene ring substituents is 2. The Balaban J connectivity index is 0.000000309. The van der Waals surface area contributed by atoms with E-state index in [4.69, 9.17) is 83.4 Å². The van der Waals surface area contributed by atoms with Crippen molar-refractivity contribution in [2.45, 2.75) is 41.5 Å². The molecular formula is C37H45Cl2N3O13P2S2. The highest BCUT2D eigenvalue weighted by molar-refractivity contribution is 8.08. The maximum Gasteiger partial charge on any atom is 0.380 e. The number of ether oxygens (including phenoxy) is 2. The van der Waals surface area contributed by atoms with Crippen molar-refractivity contribution in [3.63, 3.8) is 0 Å². The minimum absolute atomic E-state index is 0.0107. The highest BCUT2D eigenvalue weighted by atomic mass is 35.5. The highest BCUT2D eigenvalue weighted by Gasteiger charge is 2.23. The van der Waals surface area contributed by atoms with Crippen LogP contribution in [0.3, 0.4) is 0 Å². The molecule has 0 saturated heterocycles. The van der Waals surface area contributed by atoms with Gasteiger partial charge in [-0.15, -0.1) is 0 Å². The van der Waals surface area contributed by atoms with Gasteiger partial charge in [0.15, 0.2) is 6.79 Å². The number of rotatable bonds is 20. The van der Waals surface area contributed by atoms with E-state index >= 15 is 0 Å². The third-order valence-electron chi connectivity index (χ3n) is 6.85. The van der Waals surface area contributed by atoms with Crippen LogP contribution in [0.5, 0.6) is 11.5 Å². The normalized spacial score (nSPS) is 10.9. The van der Waals surface area contributed by atoms with Crippen molar-refractivity contribution in [3.8, 4) is 11.5 Å². The van der Waals surface area contributed by atoms with Gasteiger partial charge in [-0.3, -0.25) is 38.3 Å². The summed E-state index contributed by atoms with van der Waals surface area (Å²) in [7, 11) is 0. The molecule has 0 atom stereocenters. The van der Waals surface area contributed by atoms with Gasteiger partial charge in [0.2, 0.25) is 0 Å². The monoisotopic (exact) mass is 935 g/mol. The summed E-state index contributed by atoms with van der Waals surface area (Å²) in [4.78, 5) is 32.2. The molecule has 4 aromatic carbocycles. The van der Waals surface area contributed by atoms with Crippen molar-refractivity contribution < 1.29 is 51.3 Å². The van der Waals surface area contributed by atoms with Crippen LogP contribution in [-0.2, 0) is 51.2 Å². The number of nitrogens with zero attached hydrogens (tertiary/aromatic N) is 2. The van der Waals surface area contributed by atoms with Crippen LogP contribution in [-0.4, -0.2) is 55.6 Å². The summed E-state index contributed by atoms with van der Waals surface area (Å²) in [6.07, 6.45) is 0. The van der Waals surface area contributed by atoms with Gasteiger partial charge in [-0.1, -0.05) is 41.4 Å². The lowest BCUT2D eigenvalue weighted by Gasteiger charge is -2.20. The van der Waals surface area contributed by atoms with Crippen LogP contribution < -0.4 is 14.4 Å². The van der Waals surface area contributed by atoms with E-state index in [2.05, 4.69) is 5.32 Å². The van der Waals surface area contributed by atoms with Gasteiger partial charge in [0.1, 0.15) is 11.5 Å². The minimum atomic E-state index is -2.82. The second kappa shape index (κ2) is 26.4. The zero-order valence-corrected chi connectivity index (χ0v) is 37.9. The Morgan fingerprint density at radius 3 is 1.53 bits per heavy atom. The molecule has 0 radical (unpaired) electrons. The number of carbonyl (C=O) groups excluding carboxylic acids is 1. The number of nitro groups is 2. The molecular weight excluding hydrogens is 891 g/mol. The van der Waals surface area contributed by atoms with Crippen molar-refractivity contribution in [1.82, 2.24) is 0 Å². The summed E-state index contributed by atoms with van der Waals surface area (Å²) in [5.41, 5.74) is 2.35. The van der Waals surface area contributed by atoms with E-state index in [9.17, 15) is 25.0 Å². The molecule has 0 spiro atoms. The number of non-ortho nitro benzene ring substituents is 2. The number of hydrogen-bond donors (Lipinski definition) is 1. The quantitative estimate of drug-likeness (QED) is 0.0220. The first-order chi connectivity index (χ1) is 28.0. The van der Waals surface area contributed by atoms with Crippen LogP contribution in [0.2, 0.25) is 10.0 Å². The lowest BCUT2D eigenvalue weighted by Crippen LogP contribution is -2.11. The number of benzene rings is 4. The second-order valence-corrected chi connectivity index (χ2v) is 17.7. The molecule has 322 valence electrons. The molecule has 0 aromatic heterocycles. The summed E-state index contributed by atoms with van der Waals surface area (Å²) in [5.74, 6) is 0.304. The fraction of sp³-hybridized carbons (Fsp3) is 0.324. The van der Waals surface area contributed by atoms with Gasteiger partial charge < -0.3 is 23.8 Å². The summed E-state index contributed by atoms with van der Waals surface area (Å²) in [6, 6.07) is 21.8. The number of aryl methyl sites for hydroxylation is 1. The van der Waals surface area contributed by atoms with Crippen LogP contribution in [0.1, 0.15) is 50.5 Å². The first-order valence-corrected chi connectivity index (χ1v) is 23.6. The lowest BCUT2D eigenvalue weighted by atomic mass is 10.1. The van der Waals surface area contributed by atoms with Gasteiger partial charge in [-0.2, -0.15) is 0 Å². The second-order valence-electron chi connectivity index (χ2n) is 11.0. The summed E-state index contributed by atoms with van der Waals surface area (Å²) < 4.78 is 42.2. The number of esters is 1. The van der Waals surface area contributed by atoms with E-state index in [1.165, 1.54) is 48.5 Å². The Labute approximate surface area is 363 Å². The third-order valence-corrected chi connectivity index (χ3v) is 12.5. The van der Waals surface area contributed by atoms with Crippen LogP contribution in [0, 0.1) is 27.2 Å². The molecule has 0 unspecified atom stereocenters. The van der Waals surface area contributed by atoms with Crippen molar-refractivity contribution in [2.75, 3.05) is 45.1 Å². The highest BCUT2D eigenvalue weighted by Crippen LogP contribution is 2.50. The number of carbonyl (C=O) groups is 1. The molecule has 0 bridgehead atoms. The molecule has 0 heterocycles. The topological polar surface area (TPSA) is 189 Å². The smallest absolute Gasteiger partial charge is 0.380 e. The van der Waals surface area contributed by atoms with Gasteiger partial charge in [-0.05, 0) is 89.6 Å². The van der Waals surface area contributed by atoms with Crippen molar-refractivity contribution in [2.24, 2.45) is 0 Å². The average molecular weight is 937 g/mol.